The minimum atomic E-state index is 0.543. The fourth-order valence-corrected chi connectivity index (χ4v) is 3.00. The maximum Gasteiger partial charge on any atom is 0.155 e. The third kappa shape index (κ3) is 1.75. The highest BCUT2D eigenvalue weighted by atomic mass is 15.3. The number of rotatable bonds is 2. The van der Waals surface area contributed by atoms with Crippen LogP contribution in [0.4, 0.5) is 0 Å². The molecule has 1 aliphatic carbocycles. The zero-order valence-electron chi connectivity index (χ0n) is 9.95. The van der Waals surface area contributed by atoms with Gasteiger partial charge >= 0.3 is 0 Å². The third-order valence-electron chi connectivity index (χ3n) is 3.96. The number of nitrogens with one attached hydrogen (secondary N) is 1. The Kier molecular flexibility index (Phi) is 2.67. The number of hydrogen-bond acceptors (Lipinski definition) is 3. The van der Waals surface area contributed by atoms with Crippen molar-refractivity contribution in [1.29, 1.82) is 0 Å². The van der Waals surface area contributed by atoms with Gasteiger partial charge in [0.15, 0.2) is 5.82 Å². The van der Waals surface area contributed by atoms with E-state index in [1.807, 2.05) is 11.7 Å². The van der Waals surface area contributed by atoms with Gasteiger partial charge in [-0.05, 0) is 25.8 Å². The molecular formula is C12H20N4. The zero-order chi connectivity index (χ0) is 11.0. The van der Waals surface area contributed by atoms with E-state index in [2.05, 4.69) is 10.4 Å². The molecule has 1 atom stereocenters. The number of hydrogen-bond donors (Lipinski definition) is 1. The lowest BCUT2D eigenvalue weighted by molar-refractivity contribution is 0.599. The van der Waals surface area contributed by atoms with E-state index in [0.717, 1.165) is 18.9 Å². The molecule has 1 saturated carbocycles. The second-order valence-electron chi connectivity index (χ2n) is 5.12. The third-order valence-corrected chi connectivity index (χ3v) is 3.96. The summed E-state index contributed by atoms with van der Waals surface area (Å²) >= 11 is 0. The molecule has 0 spiro atoms. The lowest BCUT2D eigenvalue weighted by Gasteiger charge is -2.06. The summed E-state index contributed by atoms with van der Waals surface area (Å²) < 4.78 is 2.02. The summed E-state index contributed by atoms with van der Waals surface area (Å²) in [6, 6.07) is 0. The second kappa shape index (κ2) is 4.17. The molecule has 88 valence electrons. The topological polar surface area (TPSA) is 42.7 Å². The Balaban J connectivity index is 1.83. The van der Waals surface area contributed by atoms with E-state index in [1.165, 1.54) is 37.9 Å². The Bertz CT molecular complexity index is 359. The molecule has 2 aliphatic rings. The molecule has 16 heavy (non-hydrogen) atoms. The largest absolute Gasteiger partial charge is 0.316 e. The highest BCUT2D eigenvalue weighted by molar-refractivity contribution is 5.07. The predicted octanol–water partition coefficient (Wildman–Crippen LogP) is 1.55. The lowest BCUT2D eigenvalue weighted by Crippen LogP contribution is -2.09. The van der Waals surface area contributed by atoms with Crippen molar-refractivity contribution in [2.24, 2.45) is 7.05 Å². The molecule has 1 unspecified atom stereocenters. The summed E-state index contributed by atoms with van der Waals surface area (Å²) in [5.41, 5.74) is 0. The van der Waals surface area contributed by atoms with Crippen LogP contribution in [0.3, 0.4) is 0 Å². The number of nitrogens with zero attached hydrogens (tertiary/aromatic N) is 3. The van der Waals surface area contributed by atoms with E-state index in [-0.39, 0.29) is 0 Å². The van der Waals surface area contributed by atoms with Crippen LogP contribution in [0.25, 0.3) is 0 Å². The van der Waals surface area contributed by atoms with Crippen LogP contribution in [-0.4, -0.2) is 27.9 Å². The van der Waals surface area contributed by atoms with Crippen molar-refractivity contribution in [3.8, 4) is 0 Å². The average molecular weight is 220 g/mol. The van der Waals surface area contributed by atoms with Crippen molar-refractivity contribution in [2.45, 2.75) is 43.9 Å². The molecule has 2 fully saturated rings. The molecule has 4 nitrogen and oxygen atoms in total. The van der Waals surface area contributed by atoms with E-state index < -0.39 is 0 Å². The van der Waals surface area contributed by atoms with Crippen molar-refractivity contribution in [2.75, 3.05) is 13.1 Å². The van der Waals surface area contributed by atoms with E-state index in [1.54, 1.807) is 0 Å². The van der Waals surface area contributed by atoms with E-state index in [0.29, 0.717) is 11.8 Å². The van der Waals surface area contributed by atoms with Crippen molar-refractivity contribution in [3.05, 3.63) is 11.6 Å². The molecule has 1 saturated heterocycles. The molecule has 0 aromatic carbocycles. The van der Waals surface area contributed by atoms with Crippen molar-refractivity contribution in [1.82, 2.24) is 20.1 Å². The van der Waals surface area contributed by atoms with Gasteiger partial charge in [-0.2, -0.15) is 5.10 Å². The highest BCUT2D eigenvalue weighted by Gasteiger charge is 2.26. The number of aryl methyl sites for hydroxylation is 1. The lowest BCUT2D eigenvalue weighted by atomic mass is 10.1. The Hall–Kier alpha value is -0.900. The fourth-order valence-electron chi connectivity index (χ4n) is 3.00. The van der Waals surface area contributed by atoms with Crippen molar-refractivity contribution < 1.29 is 0 Å². The zero-order valence-corrected chi connectivity index (χ0v) is 9.95. The SMILES string of the molecule is Cn1nc(C2CCNC2)nc1C1CCCC1. The summed E-state index contributed by atoms with van der Waals surface area (Å²) in [5, 5.41) is 7.98. The Labute approximate surface area is 96.4 Å². The molecule has 1 aromatic heterocycles. The first-order valence-electron chi connectivity index (χ1n) is 6.46. The minimum Gasteiger partial charge on any atom is -0.316 e. The molecule has 1 aromatic rings. The Morgan fingerprint density at radius 3 is 2.69 bits per heavy atom. The van der Waals surface area contributed by atoms with Gasteiger partial charge in [0.1, 0.15) is 5.82 Å². The Morgan fingerprint density at radius 1 is 1.19 bits per heavy atom. The molecule has 0 bridgehead atoms. The smallest absolute Gasteiger partial charge is 0.155 e. The summed E-state index contributed by atoms with van der Waals surface area (Å²) in [6.07, 6.45) is 6.51. The first-order valence-corrected chi connectivity index (χ1v) is 6.46. The van der Waals surface area contributed by atoms with E-state index >= 15 is 0 Å². The van der Waals surface area contributed by atoms with Gasteiger partial charge in [0.2, 0.25) is 0 Å². The minimum absolute atomic E-state index is 0.543. The van der Waals surface area contributed by atoms with Crippen LogP contribution in [0.2, 0.25) is 0 Å². The van der Waals surface area contributed by atoms with Crippen LogP contribution in [0.1, 0.15) is 55.6 Å². The first kappa shape index (κ1) is 10.3. The summed E-state index contributed by atoms with van der Waals surface area (Å²) in [5.74, 6) is 3.50. The summed E-state index contributed by atoms with van der Waals surface area (Å²) in [7, 11) is 2.05. The molecule has 3 rings (SSSR count). The van der Waals surface area contributed by atoms with Crippen LogP contribution in [-0.2, 0) is 7.05 Å². The number of aromatic nitrogens is 3. The van der Waals surface area contributed by atoms with Gasteiger partial charge in [0, 0.05) is 25.4 Å². The maximum absolute atomic E-state index is 4.79. The molecular weight excluding hydrogens is 200 g/mol. The normalized spacial score (nSPS) is 26.7. The maximum atomic E-state index is 4.79. The first-order chi connectivity index (χ1) is 7.84. The van der Waals surface area contributed by atoms with Crippen molar-refractivity contribution in [3.63, 3.8) is 0 Å². The summed E-state index contributed by atoms with van der Waals surface area (Å²) in [6.45, 7) is 2.16. The predicted molar refractivity (Wildman–Crippen MR) is 62.4 cm³/mol. The van der Waals surface area contributed by atoms with Gasteiger partial charge in [-0.3, -0.25) is 4.68 Å². The Morgan fingerprint density at radius 2 is 2.00 bits per heavy atom. The van der Waals surface area contributed by atoms with Crippen LogP contribution in [0.5, 0.6) is 0 Å². The highest BCUT2D eigenvalue weighted by Crippen LogP contribution is 2.33. The van der Waals surface area contributed by atoms with Gasteiger partial charge in [0.25, 0.3) is 0 Å². The van der Waals surface area contributed by atoms with Crippen LogP contribution < -0.4 is 5.32 Å². The molecule has 4 heteroatoms. The van der Waals surface area contributed by atoms with Gasteiger partial charge < -0.3 is 5.32 Å². The molecule has 0 amide bonds. The van der Waals surface area contributed by atoms with Gasteiger partial charge in [-0.15, -0.1) is 0 Å². The van der Waals surface area contributed by atoms with Gasteiger partial charge in [-0.25, -0.2) is 4.98 Å². The van der Waals surface area contributed by atoms with Crippen molar-refractivity contribution >= 4 is 0 Å². The molecule has 0 radical (unpaired) electrons. The average Bonchev–Trinajstić information content (AvgIpc) is 2.97. The van der Waals surface area contributed by atoms with Crippen LogP contribution in [0.15, 0.2) is 0 Å². The fraction of sp³-hybridized carbons (Fsp3) is 0.833. The van der Waals surface area contributed by atoms with Gasteiger partial charge in [0.05, 0.1) is 0 Å². The quantitative estimate of drug-likeness (QED) is 0.822. The van der Waals surface area contributed by atoms with E-state index in [9.17, 15) is 0 Å². The van der Waals surface area contributed by atoms with Crippen LogP contribution >= 0.6 is 0 Å². The standard InChI is InChI=1S/C12H20N4/c1-16-12(9-4-2-3-5-9)14-11(15-16)10-6-7-13-8-10/h9-10,13H,2-8H2,1H3. The monoisotopic (exact) mass is 220 g/mol. The van der Waals surface area contributed by atoms with E-state index in [4.69, 9.17) is 4.98 Å². The second-order valence-corrected chi connectivity index (χ2v) is 5.12. The van der Waals surface area contributed by atoms with Gasteiger partial charge in [-0.1, -0.05) is 12.8 Å². The molecule has 1 aliphatic heterocycles. The molecule has 2 heterocycles. The molecule has 1 N–H and O–H groups in total. The summed E-state index contributed by atoms with van der Waals surface area (Å²) in [4.78, 5) is 4.79. The van der Waals surface area contributed by atoms with Crippen LogP contribution in [0, 0.1) is 0 Å².